The summed E-state index contributed by atoms with van der Waals surface area (Å²) in [6, 6.07) is 21.5. The van der Waals surface area contributed by atoms with E-state index in [1.165, 1.54) is 24.3 Å². The number of benzene rings is 4. The molecule has 0 fully saturated rings. The highest BCUT2D eigenvalue weighted by Gasteiger charge is 2.28. The number of phenolic OH excluding ortho intramolecular Hbond substituents is 2. The number of unbranched alkanes of at least 4 members (excludes halogenated alkanes) is 1. The summed E-state index contributed by atoms with van der Waals surface area (Å²) in [5, 5.41) is 45.0. The lowest BCUT2D eigenvalue weighted by atomic mass is 10.0. The summed E-state index contributed by atoms with van der Waals surface area (Å²) in [6.07, 6.45) is 5.05. The van der Waals surface area contributed by atoms with Crippen LogP contribution in [0.25, 0.3) is 0 Å². The van der Waals surface area contributed by atoms with E-state index in [2.05, 4.69) is 37.2 Å². The van der Waals surface area contributed by atoms with Gasteiger partial charge in [-0.3, -0.25) is 43.2 Å². The number of nitrogens with one attached hydrogen (secondary N) is 7. The molecule has 4 unspecified atom stereocenters. The van der Waals surface area contributed by atoms with Gasteiger partial charge in [0.25, 0.3) is 0 Å². The smallest absolute Gasteiger partial charge is 0.248 e. The Morgan fingerprint density at radius 3 is 1.56 bits per heavy atom. The Morgan fingerprint density at radius 1 is 0.577 bits per heavy atom. The number of rotatable bonds is 28. The van der Waals surface area contributed by atoms with Crippen molar-refractivity contribution in [3.05, 3.63) is 142 Å². The largest absolute Gasteiger partial charge is 0.508 e. The molecule has 23 heteroatoms. The van der Waals surface area contributed by atoms with Gasteiger partial charge in [-0.25, -0.2) is 0 Å². The molecule has 78 heavy (non-hydrogen) atoms. The first-order chi connectivity index (χ1) is 37.2. The third kappa shape index (κ3) is 27.4. The highest BCUT2D eigenvalue weighted by Crippen LogP contribution is 2.14. The number of carbonyl (C=O) groups excluding carboxylic acids is 9. The number of hydrogen-bond acceptors (Lipinski definition) is 13. The van der Waals surface area contributed by atoms with Crippen LogP contribution in [0.1, 0.15) is 78.6 Å². The van der Waals surface area contributed by atoms with E-state index in [0.29, 0.717) is 47.5 Å². The van der Waals surface area contributed by atoms with Gasteiger partial charge in [-0.15, -0.1) is 0 Å². The number of carbonyl (C=O) groups is 9. The molecule has 4 aromatic carbocycles. The van der Waals surface area contributed by atoms with Gasteiger partial charge < -0.3 is 69.7 Å². The maximum atomic E-state index is 13.7. The molecule has 4 rings (SSSR count). The monoisotopic (exact) mass is 1100 g/mol. The summed E-state index contributed by atoms with van der Waals surface area (Å²) in [5.74, 6) is -5.99. The summed E-state index contributed by atoms with van der Waals surface area (Å²) in [6.45, 7) is 4.23. The molecule has 0 saturated carbocycles. The number of halogens is 1. The molecule has 16 N–H and O–H groups in total. The van der Waals surface area contributed by atoms with Crippen LogP contribution < -0.4 is 54.4 Å². The molecule has 0 aliphatic heterocycles. The van der Waals surface area contributed by atoms with E-state index in [-0.39, 0.29) is 56.1 Å². The second-order valence-electron chi connectivity index (χ2n) is 17.5. The third-order valence-corrected chi connectivity index (χ3v) is 11.4. The van der Waals surface area contributed by atoms with Crippen LogP contribution in [0.3, 0.4) is 0 Å². The van der Waals surface area contributed by atoms with Gasteiger partial charge in [0, 0.05) is 36.5 Å². The number of aliphatic hydroxyl groups is 1. The van der Waals surface area contributed by atoms with Crippen molar-refractivity contribution in [2.45, 2.75) is 96.3 Å². The molecule has 4 atom stereocenters. The SMILES string of the molecule is C/C=C/CC(NC(=O)CCc1ccc(Cl)cc1)C(=O)NC(Cc1ccc(O)cc1)C(=O)NCC(=O)NC(CCCCN)C(=O)NCC(=O)NCC(=O)NC(Cc1ccc(O)cc1)C(N)=O.CCO.Cc1ccc(C(N)=O)cc1. The van der Waals surface area contributed by atoms with E-state index in [0.717, 1.165) is 11.1 Å². The van der Waals surface area contributed by atoms with Crippen LogP contribution in [0.15, 0.2) is 109 Å². The van der Waals surface area contributed by atoms with Gasteiger partial charge in [0.1, 0.15) is 35.7 Å². The van der Waals surface area contributed by atoms with Crippen molar-refractivity contribution in [1.29, 1.82) is 0 Å². The minimum absolute atomic E-state index is 0.0182. The quantitative estimate of drug-likeness (QED) is 0.0281. The first-order valence-electron chi connectivity index (χ1n) is 25.1. The minimum Gasteiger partial charge on any atom is -0.508 e. The Labute approximate surface area is 458 Å². The zero-order valence-electron chi connectivity index (χ0n) is 44.0. The lowest BCUT2D eigenvalue weighted by Crippen LogP contribution is -2.56. The van der Waals surface area contributed by atoms with Gasteiger partial charge in [0.2, 0.25) is 53.2 Å². The summed E-state index contributed by atoms with van der Waals surface area (Å²) in [4.78, 5) is 114. The first kappa shape index (κ1) is 65.8. The van der Waals surface area contributed by atoms with E-state index in [9.17, 15) is 53.4 Å². The maximum Gasteiger partial charge on any atom is 0.248 e. The minimum atomic E-state index is -1.25. The van der Waals surface area contributed by atoms with Crippen LogP contribution in [0.4, 0.5) is 0 Å². The van der Waals surface area contributed by atoms with Crippen LogP contribution in [-0.2, 0) is 57.6 Å². The van der Waals surface area contributed by atoms with Crippen LogP contribution in [-0.4, -0.2) is 125 Å². The molecule has 0 aliphatic rings. The van der Waals surface area contributed by atoms with E-state index in [1.807, 2.05) is 19.1 Å². The molecular formula is C55H73ClN10O12. The van der Waals surface area contributed by atoms with Crippen LogP contribution in [0, 0.1) is 6.92 Å². The summed E-state index contributed by atoms with van der Waals surface area (Å²) in [7, 11) is 0. The van der Waals surface area contributed by atoms with Crippen molar-refractivity contribution in [3.63, 3.8) is 0 Å². The lowest BCUT2D eigenvalue weighted by molar-refractivity contribution is -0.133. The van der Waals surface area contributed by atoms with E-state index in [4.69, 9.17) is 33.9 Å². The zero-order chi connectivity index (χ0) is 58.0. The number of allylic oxidation sites excluding steroid dienone is 1. The normalized spacial score (nSPS) is 12.0. The third-order valence-electron chi connectivity index (χ3n) is 11.1. The van der Waals surface area contributed by atoms with Crippen molar-refractivity contribution >= 4 is 64.8 Å². The lowest BCUT2D eigenvalue weighted by Gasteiger charge is -2.23. The Balaban J connectivity index is 0.00000140. The number of hydrogen-bond donors (Lipinski definition) is 13. The van der Waals surface area contributed by atoms with Crippen molar-refractivity contribution in [3.8, 4) is 11.5 Å². The zero-order valence-corrected chi connectivity index (χ0v) is 44.8. The van der Waals surface area contributed by atoms with E-state index in [1.54, 1.807) is 86.7 Å². The number of aliphatic hydroxyl groups excluding tert-OH is 1. The van der Waals surface area contributed by atoms with Crippen molar-refractivity contribution in [2.24, 2.45) is 17.2 Å². The predicted octanol–water partition coefficient (Wildman–Crippen LogP) is 1.13. The summed E-state index contributed by atoms with van der Waals surface area (Å²) >= 11 is 5.96. The molecule has 0 spiro atoms. The van der Waals surface area contributed by atoms with Gasteiger partial charge in [0.05, 0.1) is 19.6 Å². The number of aryl methyl sites for hydroxylation is 2. The molecule has 0 aliphatic carbocycles. The number of nitrogens with two attached hydrogens (primary N) is 3. The fourth-order valence-corrected chi connectivity index (χ4v) is 7.04. The van der Waals surface area contributed by atoms with E-state index < -0.39 is 91.1 Å². The molecule has 0 aromatic heterocycles. The summed E-state index contributed by atoms with van der Waals surface area (Å²) < 4.78 is 0. The molecule has 0 bridgehead atoms. The van der Waals surface area contributed by atoms with Crippen molar-refractivity contribution in [1.82, 2.24) is 37.2 Å². The Kier molecular flexibility index (Phi) is 30.9. The molecule has 22 nitrogen and oxygen atoms in total. The summed E-state index contributed by atoms with van der Waals surface area (Å²) in [5.41, 5.74) is 19.8. The van der Waals surface area contributed by atoms with Crippen LogP contribution in [0.5, 0.6) is 11.5 Å². The predicted molar refractivity (Wildman–Crippen MR) is 294 cm³/mol. The standard InChI is InChI=1S/C45H58ClN9O10.C8H9NO.C2H6O/c1-2-3-6-35(52-38(58)21-14-28-8-15-31(46)16-9-28)45(65)55-37(24-30-12-19-33(57)20-13-30)44(64)51-27-41(61)53-34(7-4-5-22-47)43(63)50-25-39(59)49-26-40(60)54-36(42(48)62)23-29-10-17-32(56)18-11-29;1-6-2-4-7(5-3-6)8(9)10;1-2-3/h2-3,8-13,15-20,34-37,56-57H,4-7,14,21-27,47H2,1H3,(H2,48,62)(H,49,59)(H,50,63)(H,51,64)(H,52,58)(H,53,61)(H,54,60)(H,55,65);2-5H,1H3,(H2,9,10);3H,2H2,1H3/b3-2+;;. The van der Waals surface area contributed by atoms with Gasteiger partial charge in [-0.1, -0.05) is 77.8 Å². The average molecular weight is 1100 g/mol. The van der Waals surface area contributed by atoms with Crippen LogP contribution >= 0.6 is 11.6 Å². The van der Waals surface area contributed by atoms with Crippen molar-refractivity contribution in [2.75, 3.05) is 32.8 Å². The highest BCUT2D eigenvalue weighted by atomic mass is 35.5. The molecular weight excluding hydrogens is 1030 g/mol. The van der Waals surface area contributed by atoms with Crippen LogP contribution in [0.2, 0.25) is 5.02 Å². The average Bonchev–Trinajstić information content (AvgIpc) is 3.41. The van der Waals surface area contributed by atoms with Gasteiger partial charge in [-0.2, -0.15) is 0 Å². The number of phenols is 2. The van der Waals surface area contributed by atoms with Crippen molar-refractivity contribution < 1.29 is 58.5 Å². The Hall–Kier alpha value is -8.34. The highest BCUT2D eigenvalue weighted by molar-refractivity contribution is 6.30. The van der Waals surface area contributed by atoms with Gasteiger partial charge in [0.15, 0.2) is 0 Å². The molecule has 4 aromatic rings. The Bertz CT molecular complexity index is 2580. The second-order valence-corrected chi connectivity index (χ2v) is 18.0. The second kappa shape index (κ2) is 36.6. The molecule has 422 valence electrons. The van der Waals surface area contributed by atoms with E-state index >= 15 is 0 Å². The first-order valence-corrected chi connectivity index (χ1v) is 25.4. The van der Waals surface area contributed by atoms with Gasteiger partial charge in [-0.05, 0) is 125 Å². The topological polar surface area (TPSA) is 377 Å². The number of aromatic hydroxyl groups is 2. The fourth-order valence-electron chi connectivity index (χ4n) is 6.91. The Morgan fingerprint density at radius 2 is 1.05 bits per heavy atom. The molecule has 0 heterocycles. The van der Waals surface area contributed by atoms with Gasteiger partial charge >= 0.3 is 0 Å². The molecule has 0 saturated heterocycles. The number of primary amides is 2. The molecule has 0 radical (unpaired) electrons. The fraction of sp³-hybridized carbons (Fsp3) is 0.364. The maximum absolute atomic E-state index is 13.7. The molecule has 9 amide bonds. The number of amides is 9.